The molecule has 4 rings (SSSR count). The number of hydrogen-bond acceptors (Lipinski definition) is 6. The Morgan fingerprint density at radius 1 is 1.28 bits per heavy atom. The van der Waals surface area contributed by atoms with Gasteiger partial charge in [-0.25, -0.2) is 9.18 Å². The zero-order valence-corrected chi connectivity index (χ0v) is 19.3. The molecule has 0 bridgehead atoms. The molecule has 0 radical (unpaired) electrons. The van der Waals surface area contributed by atoms with Crippen molar-refractivity contribution in [1.82, 2.24) is 19.7 Å². The van der Waals surface area contributed by atoms with Gasteiger partial charge in [0.25, 0.3) is 0 Å². The standard InChI is InChI=1S/C23H25FN4O3S/c1-5-31-22(30)18-12(2)19(25-13(18)3)20(29)14(4)32-23-27-26-21(28(23)15-10-11-15)16-8-6-7-9-17(16)24/h6-9,14-15,25H,5,10-11H2,1-4H3. The summed E-state index contributed by atoms with van der Waals surface area (Å²) in [6.07, 6.45) is 1.93. The van der Waals surface area contributed by atoms with Crippen LogP contribution in [0.1, 0.15) is 64.8 Å². The highest BCUT2D eigenvalue weighted by molar-refractivity contribution is 8.00. The number of Topliss-reactive ketones (excluding diaryl/α,β-unsaturated/α-hetero) is 1. The van der Waals surface area contributed by atoms with Gasteiger partial charge in [-0.05, 0) is 58.2 Å². The van der Waals surface area contributed by atoms with E-state index in [9.17, 15) is 14.0 Å². The van der Waals surface area contributed by atoms with Crippen LogP contribution in [0.25, 0.3) is 11.4 Å². The first-order chi connectivity index (χ1) is 15.3. The van der Waals surface area contributed by atoms with Crippen LogP contribution < -0.4 is 0 Å². The van der Waals surface area contributed by atoms with E-state index in [0.717, 1.165) is 12.8 Å². The van der Waals surface area contributed by atoms with Crippen LogP contribution in [0.15, 0.2) is 29.4 Å². The molecule has 1 saturated carbocycles. The number of benzene rings is 1. The van der Waals surface area contributed by atoms with Crippen molar-refractivity contribution in [3.63, 3.8) is 0 Å². The molecule has 0 amide bonds. The van der Waals surface area contributed by atoms with Gasteiger partial charge in [0.2, 0.25) is 0 Å². The van der Waals surface area contributed by atoms with E-state index in [4.69, 9.17) is 4.74 Å². The fraction of sp³-hybridized carbons (Fsp3) is 0.391. The van der Waals surface area contributed by atoms with Gasteiger partial charge >= 0.3 is 5.97 Å². The molecule has 2 aromatic heterocycles. The second-order valence-electron chi connectivity index (χ2n) is 7.86. The monoisotopic (exact) mass is 456 g/mol. The van der Waals surface area contributed by atoms with E-state index >= 15 is 0 Å². The van der Waals surface area contributed by atoms with Crippen LogP contribution in [0.3, 0.4) is 0 Å². The SMILES string of the molecule is CCOC(=O)c1c(C)[nH]c(C(=O)C(C)Sc2nnc(-c3ccccc3F)n2C2CC2)c1C. The third-order valence-corrected chi connectivity index (χ3v) is 6.56. The molecule has 0 saturated heterocycles. The van der Waals surface area contributed by atoms with Crippen molar-refractivity contribution in [3.8, 4) is 11.4 Å². The number of carbonyl (C=O) groups is 2. The number of carbonyl (C=O) groups excluding carboxylic acids is 2. The number of aromatic amines is 1. The van der Waals surface area contributed by atoms with Crippen molar-refractivity contribution in [3.05, 3.63) is 52.6 Å². The van der Waals surface area contributed by atoms with Gasteiger partial charge in [-0.15, -0.1) is 10.2 Å². The molecule has 32 heavy (non-hydrogen) atoms. The van der Waals surface area contributed by atoms with Crippen LogP contribution in [-0.4, -0.2) is 43.4 Å². The molecule has 1 aromatic carbocycles. The molecule has 9 heteroatoms. The smallest absolute Gasteiger partial charge is 0.340 e. The van der Waals surface area contributed by atoms with Gasteiger partial charge in [0.1, 0.15) is 5.82 Å². The van der Waals surface area contributed by atoms with Gasteiger partial charge in [0.15, 0.2) is 16.8 Å². The average Bonchev–Trinajstić information content (AvgIpc) is 3.44. The summed E-state index contributed by atoms with van der Waals surface area (Å²) in [6, 6.07) is 6.69. The minimum Gasteiger partial charge on any atom is -0.462 e. The number of nitrogens with zero attached hydrogens (tertiary/aromatic N) is 3. The number of esters is 1. The van der Waals surface area contributed by atoms with Crippen molar-refractivity contribution in [2.45, 2.75) is 57.0 Å². The number of aromatic nitrogens is 4. The molecule has 1 N–H and O–H groups in total. The van der Waals surface area contributed by atoms with E-state index in [2.05, 4.69) is 15.2 Å². The van der Waals surface area contributed by atoms with Crippen molar-refractivity contribution < 1.29 is 18.7 Å². The maximum absolute atomic E-state index is 14.4. The summed E-state index contributed by atoms with van der Waals surface area (Å²) in [5, 5.41) is 8.62. The Morgan fingerprint density at radius 3 is 2.66 bits per heavy atom. The molecule has 1 atom stereocenters. The summed E-state index contributed by atoms with van der Waals surface area (Å²) in [4.78, 5) is 28.5. The zero-order valence-electron chi connectivity index (χ0n) is 18.4. The maximum Gasteiger partial charge on any atom is 0.340 e. The Hall–Kier alpha value is -2.94. The highest BCUT2D eigenvalue weighted by Gasteiger charge is 2.33. The molecule has 7 nitrogen and oxygen atoms in total. The number of H-pyrrole nitrogens is 1. The van der Waals surface area contributed by atoms with Gasteiger partial charge in [0.05, 0.1) is 28.7 Å². The molecule has 1 aliphatic carbocycles. The molecular formula is C23H25FN4O3S. The van der Waals surface area contributed by atoms with E-state index in [-0.39, 0.29) is 24.2 Å². The van der Waals surface area contributed by atoms with Gasteiger partial charge in [-0.2, -0.15) is 0 Å². The predicted octanol–water partition coefficient (Wildman–Crippen LogP) is 4.90. The van der Waals surface area contributed by atoms with Crippen LogP contribution in [-0.2, 0) is 4.74 Å². The number of hydrogen-bond donors (Lipinski definition) is 1. The molecule has 3 aromatic rings. The number of halogens is 1. The largest absolute Gasteiger partial charge is 0.462 e. The fourth-order valence-electron chi connectivity index (χ4n) is 3.77. The Bertz CT molecular complexity index is 1180. The highest BCUT2D eigenvalue weighted by atomic mass is 32.2. The Balaban J connectivity index is 1.61. The number of rotatable bonds is 8. The van der Waals surface area contributed by atoms with E-state index in [1.54, 1.807) is 45.9 Å². The lowest BCUT2D eigenvalue weighted by Crippen LogP contribution is -2.16. The zero-order chi connectivity index (χ0) is 23.0. The normalized spacial score (nSPS) is 14.4. The van der Waals surface area contributed by atoms with Crippen molar-refractivity contribution >= 4 is 23.5 Å². The highest BCUT2D eigenvalue weighted by Crippen LogP contribution is 2.42. The van der Waals surface area contributed by atoms with E-state index < -0.39 is 11.2 Å². The number of aryl methyl sites for hydroxylation is 1. The van der Waals surface area contributed by atoms with Gasteiger partial charge in [-0.3, -0.25) is 9.36 Å². The second-order valence-corrected chi connectivity index (χ2v) is 9.16. The summed E-state index contributed by atoms with van der Waals surface area (Å²) in [5.74, 6) is -0.472. The van der Waals surface area contributed by atoms with Crippen LogP contribution in [0.4, 0.5) is 4.39 Å². The van der Waals surface area contributed by atoms with Gasteiger partial charge in [-0.1, -0.05) is 23.9 Å². The van der Waals surface area contributed by atoms with Crippen LogP contribution in [0, 0.1) is 19.7 Å². The molecule has 1 unspecified atom stereocenters. The third-order valence-electron chi connectivity index (χ3n) is 5.51. The predicted molar refractivity (Wildman–Crippen MR) is 120 cm³/mol. The van der Waals surface area contributed by atoms with E-state index in [1.807, 2.05) is 4.57 Å². The topological polar surface area (TPSA) is 89.9 Å². The molecular weight excluding hydrogens is 431 g/mol. The van der Waals surface area contributed by atoms with Crippen LogP contribution >= 0.6 is 11.8 Å². The Labute approximate surface area is 189 Å². The fourth-order valence-corrected chi connectivity index (χ4v) is 4.74. The summed E-state index contributed by atoms with van der Waals surface area (Å²) in [5.41, 5.74) is 2.36. The first-order valence-corrected chi connectivity index (χ1v) is 11.5. The third kappa shape index (κ3) is 4.09. The maximum atomic E-state index is 14.4. The minimum absolute atomic E-state index is 0.149. The Kier molecular flexibility index (Phi) is 6.19. The molecule has 1 aliphatic rings. The first-order valence-electron chi connectivity index (χ1n) is 10.6. The summed E-state index contributed by atoms with van der Waals surface area (Å²) >= 11 is 1.29. The summed E-state index contributed by atoms with van der Waals surface area (Å²) in [7, 11) is 0. The lowest BCUT2D eigenvalue weighted by molar-refractivity contribution is 0.0525. The lowest BCUT2D eigenvalue weighted by Gasteiger charge is -2.13. The molecule has 0 aliphatic heterocycles. The molecule has 2 heterocycles. The lowest BCUT2D eigenvalue weighted by atomic mass is 10.1. The summed E-state index contributed by atoms with van der Waals surface area (Å²) < 4.78 is 21.4. The molecule has 168 valence electrons. The number of ketones is 1. The number of thioether (sulfide) groups is 1. The Morgan fingerprint density at radius 2 is 2.00 bits per heavy atom. The van der Waals surface area contributed by atoms with Crippen LogP contribution in [0.5, 0.6) is 0 Å². The van der Waals surface area contributed by atoms with Crippen molar-refractivity contribution in [1.29, 1.82) is 0 Å². The number of ether oxygens (including phenoxy) is 1. The molecule has 0 spiro atoms. The van der Waals surface area contributed by atoms with Crippen molar-refractivity contribution in [2.24, 2.45) is 0 Å². The van der Waals surface area contributed by atoms with E-state index in [0.29, 0.717) is 39.1 Å². The summed E-state index contributed by atoms with van der Waals surface area (Å²) in [6.45, 7) is 7.29. The van der Waals surface area contributed by atoms with Gasteiger partial charge < -0.3 is 9.72 Å². The average molecular weight is 457 g/mol. The number of nitrogens with one attached hydrogen (secondary N) is 1. The second kappa shape index (κ2) is 8.90. The van der Waals surface area contributed by atoms with Crippen LogP contribution in [0.2, 0.25) is 0 Å². The molecule has 1 fully saturated rings. The quantitative estimate of drug-likeness (QED) is 0.294. The van der Waals surface area contributed by atoms with Gasteiger partial charge in [0, 0.05) is 11.7 Å². The minimum atomic E-state index is -0.489. The van der Waals surface area contributed by atoms with Crippen molar-refractivity contribution in [2.75, 3.05) is 6.61 Å². The van der Waals surface area contributed by atoms with E-state index in [1.165, 1.54) is 17.8 Å². The first kappa shape index (κ1) is 22.3.